The van der Waals surface area contributed by atoms with Crippen molar-refractivity contribution in [2.24, 2.45) is 0 Å². The van der Waals surface area contributed by atoms with E-state index in [9.17, 15) is 5.11 Å². The van der Waals surface area contributed by atoms with E-state index in [1.165, 1.54) is 45.2 Å². The largest absolute Gasteiger partial charge is 0.389 e. The van der Waals surface area contributed by atoms with Gasteiger partial charge in [0.1, 0.15) is 0 Å². The van der Waals surface area contributed by atoms with Crippen LogP contribution in [0.1, 0.15) is 46.0 Å². The first kappa shape index (κ1) is 16.2. The number of rotatable bonds is 6. The fraction of sp³-hybridized carbons (Fsp3) is 1.00. The lowest BCUT2D eigenvalue weighted by Gasteiger charge is -2.40. The quantitative estimate of drug-likeness (QED) is 0.806. The second-order valence-corrected chi connectivity index (χ2v) is 6.66. The maximum atomic E-state index is 9.99. The number of aliphatic hydroxyl groups is 1. The van der Waals surface area contributed by atoms with Gasteiger partial charge in [0.15, 0.2) is 0 Å². The lowest BCUT2D eigenvalue weighted by atomic mass is 10.00. The minimum atomic E-state index is -0.344. The summed E-state index contributed by atoms with van der Waals surface area (Å²) in [6.07, 6.45) is 6.56. The topological polar surface area (TPSA) is 35.9 Å². The standard InChI is InChI=1S/C16H32N2O2/c1-14(2)20-13-16(19)12-17-10-6-15(7-11-17)18-8-4-3-5-9-18/h14-16,19H,3-13H2,1-2H3. The molecule has 2 heterocycles. The van der Waals surface area contributed by atoms with Gasteiger partial charge in [-0.15, -0.1) is 0 Å². The molecule has 1 unspecified atom stereocenters. The van der Waals surface area contributed by atoms with Crippen molar-refractivity contribution < 1.29 is 9.84 Å². The van der Waals surface area contributed by atoms with E-state index in [-0.39, 0.29) is 12.2 Å². The molecule has 0 spiro atoms. The minimum Gasteiger partial charge on any atom is -0.389 e. The highest BCUT2D eigenvalue weighted by Crippen LogP contribution is 2.20. The summed E-state index contributed by atoms with van der Waals surface area (Å²) in [5.41, 5.74) is 0. The first-order valence-electron chi connectivity index (χ1n) is 8.41. The van der Waals surface area contributed by atoms with E-state index < -0.39 is 0 Å². The fourth-order valence-electron chi connectivity index (χ4n) is 3.40. The normalized spacial score (nSPS) is 25.2. The van der Waals surface area contributed by atoms with Crippen LogP contribution in [0.3, 0.4) is 0 Å². The molecule has 1 atom stereocenters. The van der Waals surface area contributed by atoms with Crippen LogP contribution in [0.25, 0.3) is 0 Å². The Labute approximate surface area is 124 Å². The van der Waals surface area contributed by atoms with Gasteiger partial charge < -0.3 is 19.6 Å². The molecule has 0 aromatic carbocycles. The number of hydrogen-bond donors (Lipinski definition) is 1. The highest BCUT2D eigenvalue weighted by atomic mass is 16.5. The van der Waals surface area contributed by atoms with Crippen LogP contribution in [-0.4, -0.2) is 72.5 Å². The van der Waals surface area contributed by atoms with Crippen molar-refractivity contribution in [2.75, 3.05) is 39.3 Å². The van der Waals surface area contributed by atoms with E-state index in [2.05, 4.69) is 9.80 Å². The summed E-state index contributed by atoms with van der Waals surface area (Å²) >= 11 is 0. The van der Waals surface area contributed by atoms with E-state index in [1.807, 2.05) is 13.8 Å². The van der Waals surface area contributed by atoms with Gasteiger partial charge in [-0.3, -0.25) is 0 Å². The Balaban J connectivity index is 1.63. The van der Waals surface area contributed by atoms with Crippen LogP contribution in [0.4, 0.5) is 0 Å². The van der Waals surface area contributed by atoms with Crippen LogP contribution in [0.15, 0.2) is 0 Å². The van der Waals surface area contributed by atoms with Gasteiger partial charge in [-0.05, 0) is 65.7 Å². The maximum Gasteiger partial charge on any atom is 0.0900 e. The van der Waals surface area contributed by atoms with E-state index >= 15 is 0 Å². The van der Waals surface area contributed by atoms with Crippen molar-refractivity contribution in [3.8, 4) is 0 Å². The van der Waals surface area contributed by atoms with Crippen LogP contribution in [0.5, 0.6) is 0 Å². The predicted octanol–water partition coefficient (Wildman–Crippen LogP) is 1.72. The molecule has 20 heavy (non-hydrogen) atoms. The molecule has 0 radical (unpaired) electrons. The van der Waals surface area contributed by atoms with Crippen LogP contribution < -0.4 is 0 Å². The van der Waals surface area contributed by atoms with Crippen molar-refractivity contribution in [3.63, 3.8) is 0 Å². The van der Waals surface area contributed by atoms with Gasteiger partial charge in [0.2, 0.25) is 0 Å². The first-order chi connectivity index (χ1) is 9.65. The number of piperidine rings is 2. The summed E-state index contributed by atoms with van der Waals surface area (Å²) in [5, 5.41) is 9.99. The SMILES string of the molecule is CC(C)OCC(O)CN1CCC(N2CCCCC2)CC1. The van der Waals surface area contributed by atoms with E-state index in [4.69, 9.17) is 4.74 Å². The average molecular weight is 284 g/mol. The van der Waals surface area contributed by atoms with Crippen molar-refractivity contribution >= 4 is 0 Å². The van der Waals surface area contributed by atoms with Gasteiger partial charge in [0, 0.05) is 12.6 Å². The smallest absolute Gasteiger partial charge is 0.0900 e. The zero-order valence-electron chi connectivity index (χ0n) is 13.3. The number of likely N-dealkylation sites (tertiary alicyclic amines) is 2. The third-order valence-electron chi connectivity index (χ3n) is 4.56. The summed E-state index contributed by atoms with van der Waals surface area (Å²) in [5.74, 6) is 0. The Morgan fingerprint density at radius 1 is 1.05 bits per heavy atom. The number of β-amino-alcohol motifs (C(OH)–C–C–N with tert-alkyl or cyclic N) is 1. The minimum absolute atomic E-state index is 0.203. The molecule has 4 heteroatoms. The molecule has 0 aromatic rings. The third-order valence-corrected chi connectivity index (χ3v) is 4.56. The Kier molecular flexibility index (Phi) is 6.75. The van der Waals surface area contributed by atoms with Crippen LogP contribution in [0.2, 0.25) is 0 Å². The summed E-state index contributed by atoms with van der Waals surface area (Å²) in [7, 11) is 0. The average Bonchev–Trinajstić information content (AvgIpc) is 2.47. The number of nitrogens with zero attached hydrogens (tertiary/aromatic N) is 2. The van der Waals surface area contributed by atoms with Gasteiger partial charge in [-0.25, -0.2) is 0 Å². The van der Waals surface area contributed by atoms with Gasteiger partial charge >= 0.3 is 0 Å². The highest BCUT2D eigenvalue weighted by Gasteiger charge is 2.26. The van der Waals surface area contributed by atoms with E-state index in [0.29, 0.717) is 6.61 Å². The third kappa shape index (κ3) is 5.32. The molecule has 2 saturated heterocycles. The van der Waals surface area contributed by atoms with Crippen molar-refractivity contribution in [3.05, 3.63) is 0 Å². The highest BCUT2D eigenvalue weighted by molar-refractivity contribution is 4.82. The summed E-state index contributed by atoms with van der Waals surface area (Å²) in [4.78, 5) is 5.09. The fourth-order valence-corrected chi connectivity index (χ4v) is 3.40. The lowest BCUT2D eigenvalue weighted by molar-refractivity contribution is -0.0149. The number of hydrogen-bond acceptors (Lipinski definition) is 4. The monoisotopic (exact) mass is 284 g/mol. The lowest BCUT2D eigenvalue weighted by Crippen LogP contribution is -2.48. The molecule has 2 fully saturated rings. The molecule has 0 aromatic heterocycles. The summed E-state index contributed by atoms with van der Waals surface area (Å²) < 4.78 is 5.48. The molecular formula is C16H32N2O2. The maximum absolute atomic E-state index is 9.99. The Morgan fingerprint density at radius 3 is 2.30 bits per heavy atom. The Bertz CT molecular complexity index is 259. The van der Waals surface area contributed by atoms with Gasteiger partial charge in [0.05, 0.1) is 18.8 Å². The Hall–Kier alpha value is -0.160. The summed E-state index contributed by atoms with van der Waals surface area (Å²) in [6.45, 7) is 10.1. The predicted molar refractivity (Wildman–Crippen MR) is 82.0 cm³/mol. The zero-order chi connectivity index (χ0) is 14.4. The molecular weight excluding hydrogens is 252 g/mol. The molecule has 2 aliphatic rings. The molecule has 0 bridgehead atoms. The molecule has 0 amide bonds. The molecule has 2 aliphatic heterocycles. The van der Waals surface area contributed by atoms with Gasteiger partial charge in [0.25, 0.3) is 0 Å². The van der Waals surface area contributed by atoms with Gasteiger partial charge in [-0.1, -0.05) is 6.42 Å². The van der Waals surface area contributed by atoms with Gasteiger partial charge in [-0.2, -0.15) is 0 Å². The zero-order valence-corrected chi connectivity index (χ0v) is 13.3. The second kappa shape index (κ2) is 8.32. The first-order valence-corrected chi connectivity index (χ1v) is 8.41. The molecule has 4 nitrogen and oxygen atoms in total. The van der Waals surface area contributed by atoms with Crippen molar-refractivity contribution in [1.82, 2.24) is 9.80 Å². The molecule has 2 rings (SSSR count). The van der Waals surface area contributed by atoms with E-state index in [1.54, 1.807) is 0 Å². The van der Waals surface area contributed by atoms with Crippen LogP contribution >= 0.6 is 0 Å². The number of aliphatic hydroxyl groups excluding tert-OH is 1. The number of ether oxygens (including phenoxy) is 1. The second-order valence-electron chi connectivity index (χ2n) is 6.66. The van der Waals surface area contributed by atoms with Crippen molar-refractivity contribution in [1.29, 1.82) is 0 Å². The van der Waals surface area contributed by atoms with Crippen LogP contribution in [-0.2, 0) is 4.74 Å². The van der Waals surface area contributed by atoms with E-state index in [0.717, 1.165) is 25.7 Å². The Morgan fingerprint density at radius 2 is 1.70 bits per heavy atom. The van der Waals surface area contributed by atoms with Crippen LogP contribution in [0, 0.1) is 0 Å². The molecule has 1 N–H and O–H groups in total. The van der Waals surface area contributed by atoms with Crippen molar-refractivity contribution in [2.45, 2.75) is 64.2 Å². The summed E-state index contributed by atoms with van der Waals surface area (Å²) in [6, 6.07) is 0.788. The molecule has 0 saturated carbocycles. The molecule has 0 aliphatic carbocycles. The molecule has 118 valence electrons.